The minimum Gasteiger partial charge on any atom is -0.385 e. The van der Waals surface area contributed by atoms with E-state index in [0.717, 1.165) is 30.6 Å². The SMILES string of the molecule is CCOCCCn1c([C@H](C)O)nc2ccc(Cl)cc21. The number of imidazole rings is 1. The van der Waals surface area contributed by atoms with Gasteiger partial charge in [-0.1, -0.05) is 11.6 Å². The molecule has 0 amide bonds. The van der Waals surface area contributed by atoms with Crippen molar-refractivity contribution in [2.75, 3.05) is 13.2 Å². The van der Waals surface area contributed by atoms with E-state index in [1.165, 1.54) is 0 Å². The number of aromatic nitrogens is 2. The zero-order valence-corrected chi connectivity index (χ0v) is 12.0. The average Bonchev–Trinajstić information content (AvgIpc) is 2.73. The minimum absolute atomic E-state index is 0.599. The van der Waals surface area contributed by atoms with Gasteiger partial charge in [0.05, 0.1) is 11.0 Å². The summed E-state index contributed by atoms with van der Waals surface area (Å²) in [5.74, 6) is 0.675. The second kappa shape index (κ2) is 6.37. The van der Waals surface area contributed by atoms with E-state index in [0.29, 0.717) is 17.5 Å². The maximum absolute atomic E-state index is 9.83. The number of aryl methyl sites for hydroxylation is 1. The molecule has 0 saturated carbocycles. The molecule has 1 atom stereocenters. The molecule has 2 rings (SSSR count). The Kier molecular flexibility index (Phi) is 4.80. The first-order chi connectivity index (χ1) is 9.13. The van der Waals surface area contributed by atoms with E-state index in [9.17, 15) is 5.11 Å². The van der Waals surface area contributed by atoms with E-state index < -0.39 is 6.10 Å². The van der Waals surface area contributed by atoms with Crippen LogP contribution in [0.2, 0.25) is 5.02 Å². The lowest BCUT2D eigenvalue weighted by molar-refractivity contribution is 0.139. The summed E-state index contributed by atoms with van der Waals surface area (Å²) in [5.41, 5.74) is 1.82. The van der Waals surface area contributed by atoms with Crippen molar-refractivity contribution in [2.24, 2.45) is 0 Å². The first-order valence-electron chi connectivity index (χ1n) is 6.55. The Labute approximate surface area is 118 Å². The van der Waals surface area contributed by atoms with Gasteiger partial charge in [-0.2, -0.15) is 0 Å². The molecular formula is C14H19ClN2O2. The van der Waals surface area contributed by atoms with Crippen LogP contribution in [0.5, 0.6) is 0 Å². The van der Waals surface area contributed by atoms with E-state index in [2.05, 4.69) is 4.98 Å². The maximum Gasteiger partial charge on any atom is 0.138 e. The van der Waals surface area contributed by atoms with E-state index in [1.54, 1.807) is 6.92 Å². The Morgan fingerprint density at radius 1 is 1.47 bits per heavy atom. The van der Waals surface area contributed by atoms with E-state index in [4.69, 9.17) is 16.3 Å². The molecule has 0 saturated heterocycles. The van der Waals surface area contributed by atoms with Crippen LogP contribution in [0.25, 0.3) is 11.0 Å². The predicted molar refractivity (Wildman–Crippen MR) is 76.5 cm³/mol. The number of hydrogen-bond donors (Lipinski definition) is 1. The molecule has 19 heavy (non-hydrogen) atoms. The summed E-state index contributed by atoms with van der Waals surface area (Å²) in [6.07, 6.45) is 0.282. The van der Waals surface area contributed by atoms with Gasteiger partial charge in [0, 0.05) is 24.8 Å². The third-order valence-corrected chi connectivity index (χ3v) is 3.22. The summed E-state index contributed by atoms with van der Waals surface area (Å²) < 4.78 is 7.36. The molecular weight excluding hydrogens is 264 g/mol. The molecule has 0 fully saturated rings. The van der Waals surface area contributed by atoms with Gasteiger partial charge in [0.25, 0.3) is 0 Å². The van der Waals surface area contributed by atoms with Crippen molar-refractivity contribution in [3.8, 4) is 0 Å². The fraction of sp³-hybridized carbons (Fsp3) is 0.500. The van der Waals surface area contributed by atoms with Gasteiger partial charge < -0.3 is 14.4 Å². The molecule has 0 aliphatic rings. The molecule has 0 aliphatic carbocycles. The summed E-state index contributed by atoms with van der Waals surface area (Å²) in [6.45, 7) is 5.89. The summed E-state index contributed by atoms with van der Waals surface area (Å²) in [6, 6.07) is 5.58. The zero-order chi connectivity index (χ0) is 13.8. The lowest BCUT2D eigenvalue weighted by Gasteiger charge is -2.11. The van der Waals surface area contributed by atoms with Crippen LogP contribution in [-0.4, -0.2) is 27.9 Å². The van der Waals surface area contributed by atoms with Crippen LogP contribution in [0.3, 0.4) is 0 Å². The molecule has 1 heterocycles. The third kappa shape index (κ3) is 3.26. The number of benzene rings is 1. The molecule has 2 aromatic rings. The Hall–Kier alpha value is -1.10. The topological polar surface area (TPSA) is 47.3 Å². The van der Waals surface area contributed by atoms with Gasteiger partial charge >= 0.3 is 0 Å². The number of fused-ring (bicyclic) bond motifs is 1. The maximum atomic E-state index is 9.83. The molecule has 0 unspecified atom stereocenters. The van der Waals surface area contributed by atoms with E-state index in [1.807, 2.05) is 29.7 Å². The number of hydrogen-bond acceptors (Lipinski definition) is 3. The molecule has 1 N–H and O–H groups in total. The second-order valence-corrected chi connectivity index (χ2v) is 4.92. The Morgan fingerprint density at radius 2 is 2.26 bits per heavy atom. The highest BCUT2D eigenvalue weighted by molar-refractivity contribution is 6.31. The number of aliphatic hydroxyl groups is 1. The van der Waals surface area contributed by atoms with Gasteiger partial charge in [0.15, 0.2) is 0 Å². The summed E-state index contributed by atoms with van der Waals surface area (Å²) in [7, 11) is 0. The van der Waals surface area contributed by atoms with Crippen LogP contribution < -0.4 is 0 Å². The highest BCUT2D eigenvalue weighted by Gasteiger charge is 2.14. The number of halogens is 1. The minimum atomic E-state index is -0.599. The lowest BCUT2D eigenvalue weighted by Crippen LogP contribution is -2.09. The lowest BCUT2D eigenvalue weighted by atomic mass is 10.3. The Balaban J connectivity index is 2.31. The van der Waals surface area contributed by atoms with Crippen LogP contribution >= 0.6 is 11.6 Å². The number of aliphatic hydroxyl groups excluding tert-OH is 1. The monoisotopic (exact) mass is 282 g/mol. The number of rotatable bonds is 6. The van der Waals surface area contributed by atoms with E-state index >= 15 is 0 Å². The van der Waals surface area contributed by atoms with E-state index in [-0.39, 0.29) is 0 Å². The molecule has 1 aromatic carbocycles. The number of ether oxygens (including phenoxy) is 1. The van der Waals surface area contributed by atoms with Crippen molar-refractivity contribution >= 4 is 22.6 Å². The van der Waals surface area contributed by atoms with Crippen molar-refractivity contribution in [2.45, 2.75) is 32.9 Å². The largest absolute Gasteiger partial charge is 0.385 e. The first kappa shape index (κ1) is 14.3. The number of nitrogens with zero attached hydrogens (tertiary/aromatic N) is 2. The fourth-order valence-electron chi connectivity index (χ4n) is 2.14. The summed E-state index contributed by atoms with van der Waals surface area (Å²) >= 11 is 6.03. The van der Waals surface area contributed by atoms with Gasteiger partial charge in [0.2, 0.25) is 0 Å². The second-order valence-electron chi connectivity index (χ2n) is 4.48. The molecule has 5 heteroatoms. The van der Waals surface area contributed by atoms with Crippen molar-refractivity contribution < 1.29 is 9.84 Å². The fourth-order valence-corrected chi connectivity index (χ4v) is 2.30. The average molecular weight is 283 g/mol. The van der Waals surface area contributed by atoms with Crippen LogP contribution in [0.1, 0.15) is 32.2 Å². The first-order valence-corrected chi connectivity index (χ1v) is 6.92. The van der Waals surface area contributed by atoms with Crippen LogP contribution in [0.15, 0.2) is 18.2 Å². The summed E-state index contributed by atoms with van der Waals surface area (Å²) in [5, 5.41) is 10.5. The molecule has 4 nitrogen and oxygen atoms in total. The predicted octanol–water partition coefficient (Wildman–Crippen LogP) is 3.17. The summed E-state index contributed by atoms with van der Waals surface area (Å²) in [4.78, 5) is 4.47. The van der Waals surface area contributed by atoms with Gasteiger partial charge in [-0.15, -0.1) is 0 Å². The highest BCUT2D eigenvalue weighted by Crippen LogP contribution is 2.24. The van der Waals surface area contributed by atoms with Crippen LogP contribution in [-0.2, 0) is 11.3 Å². The van der Waals surface area contributed by atoms with Crippen molar-refractivity contribution in [1.29, 1.82) is 0 Å². The zero-order valence-electron chi connectivity index (χ0n) is 11.3. The van der Waals surface area contributed by atoms with Crippen molar-refractivity contribution in [1.82, 2.24) is 9.55 Å². The normalized spacial score (nSPS) is 13.1. The molecule has 0 spiro atoms. The van der Waals surface area contributed by atoms with Gasteiger partial charge in [-0.3, -0.25) is 0 Å². The Morgan fingerprint density at radius 3 is 2.95 bits per heavy atom. The van der Waals surface area contributed by atoms with Gasteiger partial charge in [0.1, 0.15) is 11.9 Å². The molecule has 0 radical (unpaired) electrons. The van der Waals surface area contributed by atoms with Crippen molar-refractivity contribution in [3.05, 3.63) is 29.0 Å². The standard InChI is InChI=1S/C14H19ClN2O2/c1-3-19-8-4-7-17-13-9-11(15)5-6-12(13)16-14(17)10(2)18/h5-6,9-10,18H,3-4,7-8H2,1-2H3/t10-/m0/s1. The van der Waals surface area contributed by atoms with Crippen LogP contribution in [0, 0.1) is 0 Å². The van der Waals surface area contributed by atoms with Crippen molar-refractivity contribution in [3.63, 3.8) is 0 Å². The highest BCUT2D eigenvalue weighted by atomic mass is 35.5. The van der Waals surface area contributed by atoms with Gasteiger partial charge in [-0.25, -0.2) is 4.98 Å². The smallest absolute Gasteiger partial charge is 0.138 e. The van der Waals surface area contributed by atoms with Crippen LogP contribution in [0.4, 0.5) is 0 Å². The molecule has 0 aliphatic heterocycles. The molecule has 1 aromatic heterocycles. The molecule has 104 valence electrons. The quantitative estimate of drug-likeness (QED) is 0.828. The molecule has 0 bridgehead atoms. The Bertz CT molecular complexity index is 552. The van der Waals surface area contributed by atoms with Gasteiger partial charge in [-0.05, 0) is 38.5 Å². The third-order valence-electron chi connectivity index (χ3n) is 2.99.